The molecule has 7 heteroatoms. The molecule has 25 heavy (non-hydrogen) atoms. The number of esters is 1. The molecule has 1 amide bonds. The lowest BCUT2D eigenvalue weighted by molar-refractivity contribution is -0.115. The maximum absolute atomic E-state index is 13.7. The lowest BCUT2D eigenvalue weighted by Crippen LogP contribution is -2.30. The topological polar surface area (TPSA) is 67.4 Å². The second kappa shape index (κ2) is 8.34. The number of halogens is 2. The number of hydrogen-bond acceptors (Lipinski definition) is 4. The van der Waals surface area contributed by atoms with Crippen LogP contribution in [0.15, 0.2) is 42.5 Å². The molecule has 0 spiro atoms. The van der Waals surface area contributed by atoms with Crippen molar-refractivity contribution in [2.24, 2.45) is 0 Å². The molecule has 5 nitrogen and oxygen atoms in total. The van der Waals surface area contributed by atoms with E-state index in [2.05, 4.69) is 15.4 Å². The van der Waals surface area contributed by atoms with E-state index in [0.29, 0.717) is 11.3 Å². The van der Waals surface area contributed by atoms with Crippen LogP contribution in [0.4, 0.5) is 14.5 Å². The van der Waals surface area contributed by atoms with Crippen LogP contribution in [0.5, 0.6) is 0 Å². The summed E-state index contributed by atoms with van der Waals surface area (Å²) in [4.78, 5) is 23.3. The lowest BCUT2D eigenvalue weighted by Gasteiger charge is -2.15. The van der Waals surface area contributed by atoms with Gasteiger partial charge in [-0.05, 0) is 37.3 Å². The minimum atomic E-state index is -0.668. The van der Waals surface area contributed by atoms with Gasteiger partial charge in [0.2, 0.25) is 5.91 Å². The van der Waals surface area contributed by atoms with E-state index in [1.165, 1.54) is 31.4 Å². The fourth-order valence-electron chi connectivity index (χ4n) is 2.22. The smallest absolute Gasteiger partial charge is 0.337 e. The first kappa shape index (κ1) is 18.5. The Morgan fingerprint density at radius 2 is 1.80 bits per heavy atom. The standard InChI is InChI=1S/C18H18F2N2O3/c1-11(15-8-5-13(19)9-16(15)20)21-10-17(23)22-14-6-3-12(4-7-14)18(24)25-2/h3-9,11,21H,10H2,1-2H3,(H,22,23)/t11-/m1/s1. The number of anilines is 1. The third-order valence-electron chi connectivity index (χ3n) is 3.59. The van der Waals surface area contributed by atoms with Gasteiger partial charge in [0, 0.05) is 23.4 Å². The molecule has 0 unspecified atom stereocenters. The SMILES string of the molecule is COC(=O)c1ccc(NC(=O)CN[C@H](C)c2ccc(F)cc2F)cc1. The van der Waals surface area contributed by atoms with Gasteiger partial charge in [-0.15, -0.1) is 0 Å². The molecule has 0 aromatic heterocycles. The summed E-state index contributed by atoms with van der Waals surface area (Å²) in [5, 5.41) is 5.52. The fourth-order valence-corrected chi connectivity index (χ4v) is 2.22. The second-order valence-electron chi connectivity index (χ2n) is 5.39. The molecule has 0 radical (unpaired) electrons. The number of benzene rings is 2. The maximum atomic E-state index is 13.7. The zero-order valence-corrected chi connectivity index (χ0v) is 13.8. The third kappa shape index (κ3) is 5.09. The van der Waals surface area contributed by atoms with Crippen molar-refractivity contribution in [2.75, 3.05) is 19.0 Å². The van der Waals surface area contributed by atoms with Crippen LogP contribution in [0, 0.1) is 11.6 Å². The number of rotatable bonds is 6. The van der Waals surface area contributed by atoms with Crippen molar-refractivity contribution < 1.29 is 23.1 Å². The lowest BCUT2D eigenvalue weighted by atomic mass is 10.1. The largest absolute Gasteiger partial charge is 0.465 e. The quantitative estimate of drug-likeness (QED) is 0.788. The highest BCUT2D eigenvalue weighted by atomic mass is 19.1. The van der Waals surface area contributed by atoms with Crippen LogP contribution in [-0.4, -0.2) is 25.5 Å². The molecule has 0 aliphatic carbocycles. The molecule has 0 fully saturated rings. The average Bonchev–Trinajstić information content (AvgIpc) is 2.59. The summed E-state index contributed by atoms with van der Waals surface area (Å²) in [5.41, 5.74) is 1.16. The monoisotopic (exact) mass is 348 g/mol. The predicted molar refractivity (Wildman–Crippen MR) is 89.2 cm³/mol. The molecule has 0 aliphatic heterocycles. The van der Waals surface area contributed by atoms with Crippen LogP contribution in [-0.2, 0) is 9.53 Å². The van der Waals surface area contributed by atoms with E-state index in [-0.39, 0.29) is 18.0 Å². The summed E-state index contributed by atoms with van der Waals surface area (Å²) in [6.07, 6.45) is 0. The van der Waals surface area contributed by atoms with E-state index in [9.17, 15) is 18.4 Å². The molecular formula is C18H18F2N2O3. The van der Waals surface area contributed by atoms with Crippen molar-refractivity contribution in [1.29, 1.82) is 0 Å². The molecule has 2 aromatic rings. The van der Waals surface area contributed by atoms with Crippen molar-refractivity contribution in [3.05, 3.63) is 65.2 Å². The van der Waals surface area contributed by atoms with Crippen LogP contribution < -0.4 is 10.6 Å². The van der Waals surface area contributed by atoms with E-state index in [1.807, 2.05) is 0 Å². The number of ether oxygens (including phenoxy) is 1. The summed E-state index contributed by atoms with van der Waals surface area (Å²) in [5.74, 6) is -2.12. The van der Waals surface area contributed by atoms with E-state index in [4.69, 9.17) is 0 Å². The summed E-state index contributed by atoms with van der Waals surface area (Å²) in [7, 11) is 1.29. The van der Waals surface area contributed by atoms with Gasteiger partial charge >= 0.3 is 5.97 Å². The Morgan fingerprint density at radius 3 is 2.40 bits per heavy atom. The highest BCUT2D eigenvalue weighted by molar-refractivity contribution is 5.93. The van der Waals surface area contributed by atoms with Crippen LogP contribution >= 0.6 is 0 Å². The van der Waals surface area contributed by atoms with Gasteiger partial charge in [0.15, 0.2) is 0 Å². The van der Waals surface area contributed by atoms with Crippen LogP contribution in [0.2, 0.25) is 0 Å². The minimum Gasteiger partial charge on any atom is -0.465 e. The van der Waals surface area contributed by atoms with Gasteiger partial charge in [0.05, 0.1) is 19.2 Å². The van der Waals surface area contributed by atoms with Crippen molar-refractivity contribution in [3.63, 3.8) is 0 Å². The molecule has 0 heterocycles. The van der Waals surface area contributed by atoms with Crippen molar-refractivity contribution in [3.8, 4) is 0 Å². The number of carbonyl (C=O) groups is 2. The Kier molecular flexibility index (Phi) is 6.19. The third-order valence-corrected chi connectivity index (χ3v) is 3.59. The Morgan fingerprint density at radius 1 is 1.12 bits per heavy atom. The predicted octanol–water partition coefficient (Wildman–Crippen LogP) is 3.04. The summed E-state index contributed by atoms with van der Waals surface area (Å²) < 4.78 is 31.2. The van der Waals surface area contributed by atoms with Gasteiger partial charge in [0.25, 0.3) is 0 Å². The maximum Gasteiger partial charge on any atom is 0.337 e. The number of carbonyl (C=O) groups excluding carboxylic acids is 2. The minimum absolute atomic E-state index is 0.0588. The average molecular weight is 348 g/mol. The molecule has 132 valence electrons. The summed E-state index contributed by atoms with van der Waals surface area (Å²) >= 11 is 0. The fraction of sp³-hybridized carbons (Fsp3) is 0.222. The molecule has 0 bridgehead atoms. The molecule has 1 atom stereocenters. The highest BCUT2D eigenvalue weighted by Crippen LogP contribution is 2.17. The summed E-state index contributed by atoms with van der Waals surface area (Å²) in [6, 6.07) is 9.06. The van der Waals surface area contributed by atoms with Gasteiger partial charge in [-0.3, -0.25) is 4.79 Å². The Balaban J connectivity index is 1.88. The molecule has 0 saturated heterocycles. The van der Waals surface area contributed by atoms with Gasteiger partial charge in [-0.25, -0.2) is 13.6 Å². The van der Waals surface area contributed by atoms with Crippen molar-refractivity contribution >= 4 is 17.6 Å². The van der Waals surface area contributed by atoms with Gasteiger partial charge in [-0.1, -0.05) is 6.07 Å². The molecule has 2 rings (SSSR count). The van der Waals surface area contributed by atoms with E-state index >= 15 is 0 Å². The zero-order valence-electron chi connectivity index (χ0n) is 13.8. The number of hydrogen-bond donors (Lipinski definition) is 2. The molecular weight excluding hydrogens is 330 g/mol. The van der Waals surface area contributed by atoms with Gasteiger partial charge < -0.3 is 15.4 Å². The van der Waals surface area contributed by atoms with Crippen LogP contribution in [0.1, 0.15) is 28.9 Å². The summed E-state index contributed by atoms with van der Waals surface area (Å²) in [6.45, 7) is 1.62. The first-order valence-electron chi connectivity index (χ1n) is 7.57. The first-order valence-corrected chi connectivity index (χ1v) is 7.57. The number of amides is 1. The number of methoxy groups -OCH3 is 1. The van der Waals surface area contributed by atoms with E-state index < -0.39 is 23.6 Å². The molecule has 0 saturated carbocycles. The van der Waals surface area contributed by atoms with Gasteiger partial charge in [0.1, 0.15) is 11.6 Å². The normalized spacial score (nSPS) is 11.7. The second-order valence-corrected chi connectivity index (χ2v) is 5.39. The van der Waals surface area contributed by atoms with Crippen LogP contribution in [0.25, 0.3) is 0 Å². The highest BCUT2D eigenvalue weighted by Gasteiger charge is 2.13. The Hall–Kier alpha value is -2.80. The molecule has 2 N–H and O–H groups in total. The van der Waals surface area contributed by atoms with Crippen molar-refractivity contribution in [1.82, 2.24) is 5.32 Å². The van der Waals surface area contributed by atoms with Crippen molar-refractivity contribution in [2.45, 2.75) is 13.0 Å². The van der Waals surface area contributed by atoms with Gasteiger partial charge in [-0.2, -0.15) is 0 Å². The Bertz CT molecular complexity index is 763. The number of nitrogens with one attached hydrogen (secondary N) is 2. The van der Waals surface area contributed by atoms with E-state index in [1.54, 1.807) is 19.1 Å². The van der Waals surface area contributed by atoms with E-state index in [0.717, 1.165) is 6.07 Å². The molecule has 0 aliphatic rings. The van der Waals surface area contributed by atoms with Crippen LogP contribution in [0.3, 0.4) is 0 Å². The first-order chi connectivity index (χ1) is 11.9. The Labute approximate surface area is 144 Å². The molecule has 2 aromatic carbocycles. The zero-order chi connectivity index (χ0) is 18.4.